The van der Waals surface area contributed by atoms with Crippen molar-refractivity contribution in [2.75, 3.05) is 5.43 Å². The Balaban J connectivity index is 1.92. The number of allylic oxidation sites excluding steroid dienone is 1. The van der Waals surface area contributed by atoms with E-state index in [4.69, 9.17) is 0 Å². The van der Waals surface area contributed by atoms with E-state index in [-0.39, 0.29) is 5.69 Å². The number of hydrazone groups is 1. The van der Waals surface area contributed by atoms with Crippen LogP contribution in [0.5, 0.6) is 0 Å². The zero-order chi connectivity index (χ0) is 18.2. The maximum absolute atomic E-state index is 11.2. The van der Waals surface area contributed by atoms with Gasteiger partial charge in [0.05, 0.1) is 10.6 Å². The van der Waals surface area contributed by atoms with E-state index in [0.29, 0.717) is 11.4 Å². The summed E-state index contributed by atoms with van der Waals surface area (Å²) >= 11 is 0. The molecule has 3 rings (SSSR count). The fourth-order valence-electron chi connectivity index (χ4n) is 2.39. The summed E-state index contributed by atoms with van der Waals surface area (Å²) in [4.78, 5) is 10.7. The van der Waals surface area contributed by atoms with Crippen molar-refractivity contribution in [1.29, 1.82) is 0 Å². The van der Waals surface area contributed by atoms with E-state index >= 15 is 0 Å². The summed E-state index contributed by atoms with van der Waals surface area (Å²) in [7, 11) is 0. The number of rotatable bonds is 6. The van der Waals surface area contributed by atoms with E-state index in [9.17, 15) is 10.1 Å². The van der Waals surface area contributed by atoms with E-state index in [1.807, 2.05) is 72.8 Å². The Morgan fingerprint density at radius 1 is 0.885 bits per heavy atom. The highest BCUT2D eigenvalue weighted by molar-refractivity contribution is 6.11. The van der Waals surface area contributed by atoms with Crippen LogP contribution >= 0.6 is 0 Å². The molecule has 0 aliphatic rings. The van der Waals surface area contributed by atoms with Crippen molar-refractivity contribution in [3.63, 3.8) is 0 Å². The second-order valence-corrected chi connectivity index (χ2v) is 5.49. The SMILES string of the molecule is O=[N+]([O-])c1ccccc1N/N=C(/C=C/c1ccccc1)c1ccccc1. The van der Waals surface area contributed by atoms with Crippen molar-refractivity contribution >= 4 is 23.2 Å². The number of nitro groups is 1. The van der Waals surface area contributed by atoms with Crippen molar-refractivity contribution in [3.05, 3.63) is 112 Å². The predicted octanol–water partition coefficient (Wildman–Crippen LogP) is 5.12. The third kappa shape index (κ3) is 4.42. The first-order valence-corrected chi connectivity index (χ1v) is 8.10. The smallest absolute Gasteiger partial charge is 0.271 e. The van der Waals surface area contributed by atoms with Gasteiger partial charge in [-0.1, -0.05) is 78.9 Å². The van der Waals surface area contributed by atoms with Crippen LogP contribution in [0.15, 0.2) is 96.1 Å². The van der Waals surface area contributed by atoms with Crippen LogP contribution in [0.25, 0.3) is 6.08 Å². The van der Waals surface area contributed by atoms with Crippen LogP contribution in [0.3, 0.4) is 0 Å². The number of hydrogen-bond donors (Lipinski definition) is 1. The minimum atomic E-state index is -0.431. The molecule has 0 aliphatic carbocycles. The molecular weight excluding hydrogens is 326 g/mol. The van der Waals surface area contributed by atoms with E-state index in [1.54, 1.807) is 18.2 Å². The van der Waals surface area contributed by atoms with Gasteiger partial charge in [0.25, 0.3) is 5.69 Å². The lowest BCUT2D eigenvalue weighted by atomic mass is 10.1. The van der Waals surface area contributed by atoms with E-state index < -0.39 is 4.92 Å². The standard InChI is InChI=1S/C21H17N3O2/c25-24(26)21-14-8-7-13-20(21)23-22-19(18-11-5-2-6-12-18)16-15-17-9-3-1-4-10-17/h1-16,23H/b16-15+,22-19-. The summed E-state index contributed by atoms with van der Waals surface area (Å²) in [6.45, 7) is 0. The Morgan fingerprint density at radius 2 is 1.50 bits per heavy atom. The quantitative estimate of drug-likeness (QED) is 0.383. The molecule has 0 unspecified atom stereocenters. The molecule has 0 aliphatic heterocycles. The Hall–Kier alpha value is -3.73. The topological polar surface area (TPSA) is 67.5 Å². The van der Waals surface area contributed by atoms with Crippen molar-refractivity contribution < 1.29 is 4.92 Å². The summed E-state index contributed by atoms with van der Waals surface area (Å²) < 4.78 is 0. The first kappa shape index (κ1) is 17.1. The molecule has 5 heteroatoms. The normalized spacial score (nSPS) is 11.5. The molecule has 26 heavy (non-hydrogen) atoms. The number of nitro benzene ring substituents is 1. The van der Waals surface area contributed by atoms with E-state index in [0.717, 1.165) is 11.1 Å². The van der Waals surface area contributed by atoms with Gasteiger partial charge in [0, 0.05) is 11.6 Å². The molecular formula is C21H17N3O2. The second kappa shape index (κ2) is 8.39. The molecule has 0 fully saturated rings. The number of nitrogens with zero attached hydrogens (tertiary/aromatic N) is 2. The largest absolute Gasteiger partial charge is 0.294 e. The van der Waals surface area contributed by atoms with Gasteiger partial charge in [-0.2, -0.15) is 5.10 Å². The minimum absolute atomic E-state index is 0.0179. The molecule has 0 bridgehead atoms. The number of anilines is 1. The van der Waals surface area contributed by atoms with Gasteiger partial charge in [0.15, 0.2) is 0 Å². The Kier molecular flexibility index (Phi) is 5.52. The minimum Gasteiger partial charge on any atom is -0.271 e. The summed E-state index contributed by atoms with van der Waals surface area (Å²) in [6, 6.07) is 26.0. The molecule has 0 atom stereocenters. The first-order chi connectivity index (χ1) is 12.7. The van der Waals surface area contributed by atoms with Crippen LogP contribution in [0, 0.1) is 10.1 Å². The number of nitrogens with one attached hydrogen (secondary N) is 1. The molecule has 3 aromatic carbocycles. The van der Waals surface area contributed by atoms with Gasteiger partial charge >= 0.3 is 0 Å². The number of hydrogen-bond acceptors (Lipinski definition) is 4. The van der Waals surface area contributed by atoms with Crippen LogP contribution in [0.4, 0.5) is 11.4 Å². The monoisotopic (exact) mass is 343 g/mol. The average molecular weight is 343 g/mol. The lowest BCUT2D eigenvalue weighted by molar-refractivity contribution is -0.384. The fraction of sp³-hybridized carbons (Fsp3) is 0. The maximum atomic E-state index is 11.2. The van der Waals surface area contributed by atoms with Crippen molar-refractivity contribution in [3.8, 4) is 0 Å². The molecule has 5 nitrogen and oxygen atoms in total. The van der Waals surface area contributed by atoms with Crippen LogP contribution in [-0.4, -0.2) is 10.6 Å². The van der Waals surface area contributed by atoms with E-state index in [2.05, 4.69) is 10.5 Å². The highest BCUT2D eigenvalue weighted by Crippen LogP contribution is 2.23. The molecule has 0 spiro atoms. The second-order valence-electron chi connectivity index (χ2n) is 5.49. The molecule has 0 saturated carbocycles. The Morgan fingerprint density at radius 3 is 2.19 bits per heavy atom. The molecule has 0 aromatic heterocycles. The molecule has 0 amide bonds. The van der Waals surface area contributed by atoms with Gasteiger partial charge in [-0.3, -0.25) is 15.5 Å². The van der Waals surface area contributed by atoms with Gasteiger partial charge in [-0.25, -0.2) is 0 Å². The molecule has 0 radical (unpaired) electrons. The van der Waals surface area contributed by atoms with Gasteiger partial charge in [-0.05, 0) is 17.7 Å². The van der Waals surface area contributed by atoms with E-state index in [1.165, 1.54) is 6.07 Å². The summed E-state index contributed by atoms with van der Waals surface area (Å²) in [5.41, 5.74) is 5.78. The Bertz CT molecular complexity index is 936. The highest BCUT2D eigenvalue weighted by Gasteiger charge is 2.11. The predicted molar refractivity (Wildman–Crippen MR) is 105 cm³/mol. The number of benzene rings is 3. The van der Waals surface area contributed by atoms with Crippen molar-refractivity contribution in [1.82, 2.24) is 0 Å². The zero-order valence-corrected chi connectivity index (χ0v) is 13.9. The summed E-state index contributed by atoms with van der Waals surface area (Å²) in [6.07, 6.45) is 3.83. The highest BCUT2D eigenvalue weighted by atomic mass is 16.6. The Labute approximate surface area is 151 Å². The lowest BCUT2D eigenvalue weighted by Gasteiger charge is -2.05. The molecule has 0 saturated heterocycles. The van der Waals surface area contributed by atoms with Crippen LogP contribution in [0.1, 0.15) is 11.1 Å². The molecule has 3 aromatic rings. The molecule has 0 heterocycles. The zero-order valence-electron chi connectivity index (χ0n) is 13.9. The summed E-state index contributed by atoms with van der Waals surface area (Å²) in [5.74, 6) is 0. The van der Waals surface area contributed by atoms with Gasteiger partial charge < -0.3 is 0 Å². The fourth-order valence-corrected chi connectivity index (χ4v) is 2.39. The third-order valence-corrected chi connectivity index (χ3v) is 3.70. The van der Waals surface area contributed by atoms with Crippen molar-refractivity contribution in [2.24, 2.45) is 5.10 Å². The van der Waals surface area contributed by atoms with Crippen molar-refractivity contribution in [2.45, 2.75) is 0 Å². The number of para-hydroxylation sites is 2. The molecule has 1 N–H and O–H groups in total. The molecule has 128 valence electrons. The first-order valence-electron chi connectivity index (χ1n) is 8.10. The van der Waals surface area contributed by atoms with Gasteiger partial charge in [-0.15, -0.1) is 0 Å². The van der Waals surface area contributed by atoms with Gasteiger partial charge in [0.1, 0.15) is 5.69 Å². The van der Waals surface area contributed by atoms with Crippen LogP contribution in [0.2, 0.25) is 0 Å². The maximum Gasteiger partial charge on any atom is 0.294 e. The third-order valence-electron chi connectivity index (χ3n) is 3.70. The lowest BCUT2D eigenvalue weighted by Crippen LogP contribution is -2.03. The van der Waals surface area contributed by atoms with Crippen LogP contribution in [-0.2, 0) is 0 Å². The average Bonchev–Trinajstić information content (AvgIpc) is 2.69. The van der Waals surface area contributed by atoms with Crippen LogP contribution < -0.4 is 5.43 Å². The van der Waals surface area contributed by atoms with Gasteiger partial charge in [0.2, 0.25) is 0 Å². The summed E-state index contributed by atoms with van der Waals surface area (Å²) in [5, 5.41) is 15.5.